The first-order valence-corrected chi connectivity index (χ1v) is 19.9. The van der Waals surface area contributed by atoms with E-state index in [4.69, 9.17) is 53.8 Å². The van der Waals surface area contributed by atoms with Crippen molar-refractivity contribution in [3.8, 4) is 33.4 Å². The minimum Gasteiger partial charge on any atom is -0.508 e. The molecule has 310 valence electrons. The van der Waals surface area contributed by atoms with Crippen molar-refractivity contribution in [3.63, 3.8) is 0 Å². The summed E-state index contributed by atoms with van der Waals surface area (Å²) in [5.41, 5.74) is 2.10. The number of aromatic hydroxyl groups is 1. The Kier molecular flexibility index (Phi) is 15.4. The number of phenols is 1. The van der Waals surface area contributed by atoms with Crippen LogP contribution in [0.15, 0.2) is 60.7 Å². The van der Waals surface area contributed by atoms with Gasteiger partial charge in [-0.25, -0.2) is 19.2 Å². The molecule has 0 radical (unpaired) electrons. The molecule has 4 aromatic rings. The number of carboxylic acids is 4. The molecule has 1 aliphatic carbocycles. The zero-order valence-corrected chi connectivity index (χ0v) is 32.9. The Morgan fingerprint density at radius 3 is 1.97 bits per heavy atom. The molecular formula is C42H48N2O13S. The average Bonchev–Trinajstić information content (AvgIpc) is 4.01. The second-order valence-electron chi connectivity index (χ2n) is 14.1. The Hall–Kier alpha value is -5.71. The molecule has 15 nitrogen and oxygen atoms in total. The van der Waals surface area contributed by atoms with Crippen LogP contribution in [0.1, 0.15) is 67.3 Å². The summed E-state index contributed by atoms with van der Waals surface area (Å²) in [6.45, 7) is 6.21. The van der Waals surface area contributed by atoms with Crippen LogP contribution in [0.5, 0.6) is 23.0 Å². The molecule has 5 N–H and O–H groups in total. The standard InChI is InChI=1S/C38H44N2O5S.2C2H2O4/c1-43-34-24-27(12-17-33(34)45-32-9-3-2-8-31(32)40-20-6-7-21-40)37(42)36-30-16-13-28(41)25-35(30)46-38(36)26-10-14-29(15-11-26)44-23-22-39-18-4-5-19-39;2*3-1(4)2(5)6/h10-17,24-25,31-32,41H,2-9,18-23H2,1H3;2*(H,3,4)(H,5,6)/t31-,32-;;/m1../s1. The van der Waals surface area contributed by atoms with Gasteiger partial charge in [0.15, 0.2) is 17.3 Å². The molecule has 0 bridgehead atoms. The number of hydrogen-bond donors (Lipinski definition) is 5. The Balaban J connectivity index is 0.000000468. The van der Waals surface area contributed by atoms with Crippen LogP contribution in [0.2, 0.25) is 0 Å². The van der Waals surface area contributed by atoms with Crippen molar-refractivity contribution >= 4 is 51.1 Å². The van der Waals surface area contributed by atoms with Gasteiger partial charge in [-0.2, -0.15) is 0 Å². The van der Waals surface area contributed by atoms with E-state index in [-0.39, 0.29) is 17.6 Å². The minimum absolute atomic E-state index is 0.0876. The molecule has 58 heavy (non-hydrogen) atoms. The van der Waals surface area contributed by atoms with E-state index < -0.39 is 23.9 Å². The Labute approximate surface area is 339 Å². The number of carbonyl (C=O) groups excluding carboxylic acids is 1. The normalized spacial score (nSPS) is 17.9. The molecule has 3 aliphatic rings. The third kappa shape index (κ3) is 11.5. The molecule has 2 aliphatic heterocycles. The largest absolute Gasteiger partial charge is 0.508 e. The second kappa shape index (κ2) is 20.6. The van der Waals surface area contributed by atoms with Crippen LogP contribution in [0.4, 0.5) is 0 Å². The van der Waals surface area contributed by atoms with E-state index >= 15 is 0 Å². The fourth-order valence-electron chi connectivity index (χ4n) is 7.43. The maximum atomic E-state index is 14.3. The van der Waals surface area contributed by atoms with Crippen LogP contribution in [0.25, 0.3) is 20.5 Å². The van der Waals surface area contributed by atoms with Gasteiger partial charge in [0.1, 0.15) is 24.2 Å². The van der Waals surface area contributed by atoms with Crippen molar-refractivity contribution in [3.05, 3.63) is 71.8 Å². The predicted molar refractivity (Wildman–Crippen MR) is 215 cm³/mol. The first kappa shape index (κ1) is 43.4. The van der Waals surface area contributed by atoms with Crippen LogP contribution in [0, 0.1) is 0 Å². The number of hydrogen-bond acceptors (Lipinski definition) is 12. The molecule has 3 aromatic carbocycles. The summed E-state index contributed by atoms with van der Waals surface area (Å²) in [7, 11) is 1.64. The van der Waals surface area contributed by atoms with Gasteiger partial charge in [0.2, 0.25) is 0 Å². The molecular weight excluding hydrogens is 773 g/mol. The SMILES string of the molecule is COc1cc(C(=O)c2c(-c3ccc(OCCN4CCCC4)cc3)sc3cc(O)ccc23)ccc1O[C@@H]1CCCC[C@H]1N1CCCC1.O=C(O)C(=O)O.O=C(O)C(=O)O. The number of fused-ring (bicyclic) bond motifs is 1. The Morgan fingerprint density at radius 2 is 1.34 bits per heavy atom. The number of thiophene rings is 1. The van der Waals surface area contributed by atoms with Gasteiger partial charge in [0.25, 0.3) is 0 Å². The highest BCUT2D eigenvalue weighted by molar-refractivity contribution is 7.22. The average molecular weight is 821 g/mol. The number of benzene rings is 3. The quantitative estimate of drug-likeness (QED) is 0.0854. The first-order chi connectivity index (χ1) is 27.9. The number of ketones is 1. The zero-order valence-electron chi connectivity index (χ0n) is 32.1. The monoisotopic (exact) mass is 820 g/mol. The molecule has 3 fully saturated rings. The van der Waals surface area contributed by atoms with Gasteiger partial charge in [-0.3, -0.25) is 14.6 Å². The van der Waals surface area contributed by atoms with Gasteiger partial charge < -0.3 is 39.7 Å². The Morgan fingerprint density at radius 1 is 0.724 bits per heavy atom. The fourth-order valence-corrected chi connectivity index (χ4v) is 8.67. The van der Waals surface area contributed by atoms with E-state index in [1.807, 2.05) is 48.5 Å². The van der Waals surface area contributed by atoms with Crippen molar-refractivity contribution in [2.45, 2.75) is 63.5 Å². The number of likely N-dealkylation sites (tertiary alicyclic amines) is 2. The fraction of sp³-hybridized carbons (Fsp3) is 0.405. The lowest BCUT2D eigenvalue weighted by Crippen LogP contribution is -2.46. The van der Waals surface area contributed by atoms with Gasteiger partial charge in [-0.05, 0) is 137 Å². The third-order valence-electron chi connectivity index (χ3n) is 10.2. The van der Waals surface area contributed by atoms with Crippen LogP contribution in [0.3, 0.4) is 0 Å². The number of aliphatic carboxylic acids is 4. The van der Waals surface area contributed by atoms with Gasteiger partial charge >= 0.3 is 23.9 Å². The molecule has 2 saturated heterocycles. The maximum absolute atomic E-state index is 14.3. The van der Waals surface area contributed by atoms with Crippen molar-refractivity contribution in [1.29, 1.82) is 0 Å². The summed E-state index contributed by atoms with van der Waals surface area (Å²) in [5.74, 6) is -5.12. The van der Waals surface area contributed by atoms with Crippen LogP contribution >= 0.6 is 11.3 Å². The number of rotatable bonds is 11. The highest BCUT2D eigenvalue weighted by Gasteiger charge is 2.34. The number of ether oxygens (including phenoxy) is 3. The van der Waals surface area contributed by atoms with Gasteiger partial charge in [0, 0.05) is 38.7 Å². The van der Waals surface area contributed by atoms with E-state index in [1.54, 1.807) is 19.2 Å². The minimum atomic E-state index is -1.82. The summed E-state index contributed by atoms with van der Waals surface area (Å²) in [5, 5.41) is 40.6. The summed E-state index contributed by atoms with van der Waals surface area (Å²) in [4.78, 5) is 56.6. The molecule has 1 saturated carbocycles. The first-order valence-electron chi connectivity index (χ1n) is 19.1. The van der Waals surface area contributed by atoms with E-state index in [0.717, 1.165) is 65.4 Å². The molecule has 0 unspecified atom stereocenters. The summed E-state index contributed by atoms with van der Waals surface area (Å²) in [6.07, 6.45) is 9.80. The van der Waals surface area contributed by atoms with Crippen molar-refractivity contribution < 1.29 is 63.7 Å². The molecule has 1 aromatic heterocycles. The van der Waals surface area contributed by atoms with Crippen LogP contribution in [-0.4, -0.2) is 124 Å². The van der Waals surface area contributed by atoms with Crippen molar-refractivity contribution in [2.24, 2.45) is 0 Å². The zero-order chi connectivity index (χ0) is 41.8. The lowest BCUT2D eigenvalue weighted by Gasteiger charge is -2.38. The number of methoxy groups -OCH3 is 1. The molecule has 0 spiro atoms. The predicted octanol–water partition coefficient (Wildman–Crippen LogP) is 6.09. The molecule has 0 amide bonds. The number of carbonyl (C=O) groups is 5. The highest BCUT2D eigenvalue weighted by Crippen LogP contribution is 2.42. The van der Waals surface area contributed by atoms with E-state index in [1.165, 1.54) is 56.3 Å². The lowest BCUT2D eigenvalue weighted by atomic mass is 9.91. The molecule has 2 atom stereocenters. The van der Waals surface area contributed by atoms with Crippen LogP contribution in [-0.2, 0) is 19.2 Å². The van der Waals surface area contributed by atoms with E-state index in [2.05, 4.69) is 9.80 Å². The van der Waals surface area contributed by atoms with E-state index in [0.29, 0.717) is 35.3 Å². The van der Waals surface area contributed by atoms with Crippen molar-refractivity contribution in [1.82, 2.24) is 9.80 Å². The number of carboxylic acid groups (broad SMARTS) is 4. The van der Waals surface area contributed by atoms with Crippen molar-refractivity contribution in [2.75, 3.05) is 46.4 Å². The Bertz CT molecular complexity index is 2020. The highest BCUT2D eigenvalue weighted by atomic mass is 32.1. The second-order valence-corrected chi connectivity index (χ2v) is 15.1. The van der Waals surface area contributed by atoms with Crippen LogP contribution < -0.4 is 14.2 Å². The van der Waals surface area contributed by atoms with Gasteiger partial charge in [-0.1, -0.05) is 6.42 Å². The topological polar surface area (TPSA) is 221 Å². The molecule has 3 heterocycles. The van der Waals surface area contributed by atoms with Gasteiger partial charge in [-0.15, -0.1) is 11.3 Å². The summed E-state index contributed by atoms with van der Waals surface area (Å²) >= 11 is 1.51. The summed E-state index contributed by atoms with van der Waals surface area (Å²) in [6, 6.07) is 19.2. The van der Waals surface area contributed by atoms with Gasteiger partial charge in [0.05, 0.1) is 7.11 Å². The number of nitrogens with zero attached hydrogens (tertiary/aromatic N) is 2. The third-order valence-corrected chi connectivity index (χ3v) is 11.4. The van der Waals surface area contributed by atoms with E-state index in [9.17, 15) is 9.90 Å². The maximum Gasteiger partial charge on any atom is 0.414 e. The molecule has 7 rings (SSSR count). The smallest absolute Gasteiger partial charge is 0.414 e. The summed E-state index contributed by atoms with van der Waals surface area (Å²) < 4.78 is 19.4. The molecule has 16 heteroatoms. The lowest BCUT2D eigenvalue weighted by molar-refractivity contribution is -0.159. The number of phenolic OH excluding ortho intramolecular Hbond substituents is 1.